The van der Waals surface area contributed by atoms with Gasteiger partial charge in [0.2, 0.25) is 10.0 Å². The predicted molar refractivity (Wildman–Crippen MR) is 130 cm³/mol. The molecule has 10 heteroatoms. The zero-order valence-electron chi connectivity index (χ0n) is 19.4. The fourth-order valence-electron chi connectivity index (χ4n) is 4.16. The maximum Gasteiger partial charge on any atom is 0.326 e. The summed E-state index contributed by atoms with van der Waals surface area (Å²) >= 11 is 1.32. The average Bonchev–Trinajstić information content (AvgIpc) is 3.43. The summed E-state index contributed by atoms with van der Waals surface area (Å²) in [5.41, 5.74) is 3.15. The Morgan fingerprint density at radius 1 is 1.09 bits per heavy atom. The molecule has 0 spiro atoms. The SMILES string of the molecule is CCOC(=O)Cn1c(=NC(=O)c2ccc(S(=O)(=O)N3CCCC3)cc2)sc2cc(C)cc(C)c21. The van der Waals surface area contributed by atoms with E-state index < -0.39 is 21.9 Å². The third kappa shape index (κ3) is 4.84. The third-order valence-corrected chi connectivity index (χ3v) is 8.64. The lowest BCUT2D eigenvalue weighted by atomic mass is 10.1. The van der Waals surface area contributed by atoms with Crippen LogP contribution in [0.15, 0.2) is 46.3 Å². The van der Waals surface area contributed by atoms with Crippen molar-refractivity contribution in [3.05, 3.63) is 57.9 Å². The second-order valence-corrected chi connectivity index (χ2v) is 11.2. The average molecular weight is 502 g/mol. The maximum absolute atomic E-state index is 13.0. The Balaban J connectivity index is 1.71. The molecule has 0 aliphatic carbocycles. The van der Waals surface area contributed by atoms with Gasteiger partial charge in [-0.05, 0) is 75.1 Å². The van der Waals surface area contributed by atoms with Gasteiger partial charge in [0, 0.05) is 18.7 Å². The van der Waals surface area contributed by atoms with Crippen LogP contribution in [0.3, 0.4) is 0 Å². The fraction of sp³-hybridized carbons (Fsp3) is 0.375. The number of ether oxygens (including phenoxy) is 1. The Labute approximate surface area is 202 Å². The van der Waals surface area contributed by atoms with E-state index in [-0.39, 0.29) is 23.6 Å². The van der Waals surface area contributed by atoms with Crippen LogP contribution in [0.1, 0.15) is 41.3 Å². The highest BCUT2D eigenvalue weighted by Crippen LogP contribution is 2.24. The number of esters is 1. The molecule has 8 nitrogen and oxygen atoms in total. The summed E-state index contributed by atoms with van der Waals surface area (Å²) in [6.07, 6.45) is 1.71. The van der Waals surface area contributed by atoms with Gasteiger partial charge in [-0.15, -0.1) is 0 Å². The molecule has 1 aliphatic heterocycles. The number of thiazole rings is 1. The van der Waals surface area contributed by atoms with Crippen molar-refractivity contribution < 1.29 is 22.7 Å². The van der Waals surface area contributed by atoms with Crippen LogP contribution >= 0.6 is 11.3 Å². The van der Waals surface area contributed by atoms with Crippen LogP contribution < -0.4 is 4.80 Å². The zero-order chi connectivity index (χ0) is 24.5. The van der Waals surface area contributed by atoms with Gasteiger partial charge in [-0.2, -0.15) is 9.30 Å². The number of fused-ring (bicyclic) bond motifs is 1. The van der Waals surface area contributed by atoms with Gasteiger partial charge in [0.15, 0.2) is 4.80 Å². The Hall–Kier alpha value is -2.82. The van der Waals surface area contributed by atoms with Crippen molar-refractivity contribution in [3.8, 4) is 0 Å². The molecular formula is C24H27N3O5S2. The zero-order valence-corrected chi connectivity index (χ0v) is 21.0. The minimum atomic E-state index is -3.55. The Morgan fingerprint density at radius 3 is 2.41 bits per heavy atom. The molecule has 0 atom stereocenters. The number of hydrogen-bond acceptors (Lipinski definition) is 6. The molecule has 2 aromatic carbocycles. The molecule has 0 bridgehead atoms. The first-order chi connectivity index (χ1) is 16.2. The summed E-state index contributed by atoms with van der Waals surface area (Å²) in [6.45, 7) is 6.92. The molecule has 0 radical (unpaired) electrons. The quantitative estimate of drug-likeness (QED) is 0.482. The van der Waals surface area contributed by atoms with E-state index in [1.807, 2.05) is 26.0 Å². The standard InChI is InChI=1S/C24H27N3O5S2/c1-4-32-21(28)15-27-22-17(3)13-16(2)14-20(22)33-24(27)25-23(29)18-7-9-19(10-8-18)34(30,31)26-11-5-6-12-26/h7-10,13-14H,4-6,11-12,15H2,1-3H3. The van der Waals surface area contributed by atoms with Gasteiger partial charge >= 0.3 is 5.97 Å². The summed E-state index contributed by atoms with van der Waals surface area (Å²) < 4.78 is 34.7. The summed E-state index contributed by atoms with van der Waals surface area (Å²) in [6, 6.07) is 9.86. The van der Waals surface area contributed by atoms with Crippen molar-refractivity contribution in [2.75, 3.05) is 19.7 Å². The second-order valence-electron chi connectivity index (χ2n) is 8.26. The van der Waals surface area contributed by atoms with E-state index in [9.17, 15) is 18.0 Å². The number of aryl methyl sites for hydroxylation is 2. The number of amides is 1. The lowest BCUT2D eigenvalue weighted by molar-refractivity contribution is -0.143. The molecule has 2 heterocycles. The summed E-state index contributed by atoms with van der Waals surface area (Å²) in [7, 11) is -3.55. The minimum absolute atomic E-state index is 0.0587. The molecule has 1 aliphatic rings. The highest BCUT2D eigenvalue weighted by molar-refractivity contribution is 7.89. The van der Waals surface area contributed by atoms with Crippen LogP contribution in [0, 0.1) is 13.8 Å². The monoisotopic (exact) mass is 501 g/mol. The summed E-state index contributed by atoms with van der Waals surface area (Å²) in [5, 5.41) is 0. The Kier molecular flexibility index (Phi) is 7.01. The summed E-state index contributed by atoms with van der Waals surface area (Å²) in [4.78, 5) is 30.1. The topological polar surface area (TPSA) is 98.0 Å². The molecule has 0 unspecified atom stereocenters. The van der Waals surface area contributed by atoms with Crippen molar-refractivity contribution >= 4 is 43.5 Å². The van der Waals surface area contributed by atoms with E-state index in [0.717, 1.165) is 34.2 Å². The van der Waals surface area contributed by atoms with E-state index in [1.54, 1.807) is 11.5 Å². The van der Waals surface area contributed by atoms with Gasteiger partial charge in [-0.3, -0.25) is 9.59 Å². The van der Waals surface area contributed by atoms with E-state index in [4.69, 9.17) is 4.74 Å². The van der Waals surface area contributed by atoms with Crippen LogP contribution in [0.4, 0.5) is 0 Å². The number of carbonyl (C=O) groups is 2. The van der Waals surface area contributed by atoms with Gasteiger partial charge in [0.05, 0.1) is 21.7 Å². The fourth-order valence-corrected chi connectivity index (χ4v) is 6.88. The first-order valence-electron chi connectivity index (χ1n) is 11.2. The summed E-state index contributed by atoms with van der Waals surface area (Å²) in [5.74, 6) is -0.920. The number of carbonyl (C=O) groups excluding carboxylic acids is 2. The largest absolute Gasteiger partial charge is 0.465 e. The first kappa shape index (κ1) is 24.3. The highest BCUT2D eigenvalue weighted by atomic mass is 32.2. The van der Waals surface area contributed by atoms with E-state index in [0.29, 0.717) is 17.9 Å². The van der Waals surface area contributed by atoms with E-state index >= 15 is 0 Å². The predicted octanol–water partition coefficient (Wildman–Crippen LogP) is 3.41. The molecule has 1 amide bonds. The van der Waals surface area contributed by atoms with Crippen molar-refractivity contribution in [1.82, 2.24) is 8.87 Å². The van der Waals surface area contributed by atoms with Gasteiger partial charge in [-0.25, -0.2) is 8.42 Å². The van der Waals surface area contributed by atoms with E-state index in [2.05, 4.69) is 4.99 Å². The molecule has 0 N–H and O–H groups in total. The maximum atomic E-state index is 13.0. The van der Waals surface area contributed by atoms with Crippen LogP contribution in [0.2, 0.25) is 0 Å². The lowest BCUT2D eigenvalue weighted by Gasteiger charge is -2.15. The Bertz CT molecular complexity index is 1410. The van der Waals surface area contributed by atoms with Gasteiger partial charge in [0.1, 0.15) is 6.54 Å². The van der Waals surface area contributed by atoms with Gasteiger partial charge < -0.3 is 9.30 Å². The molecule has 1 fully saturated rings. The van der Waals surface area contributed by atoms with Crippen LogP contribution in [-0.2, 0) is 26.1 Å². The van der Waals surface area contributed by atoms with E-state index in [1.165, 1.54) is 39.9 Å². The number of aromatic nitrogens is 1. The van der Waals surface area contributed by atoms with Crippen LogP contribution in [-0.4, -0.2) is 48.9 Å². The molecule has 180 valence electrons. The van der Waals surface area contributed by atoms with Crippen molar-refractivity contribution in [2.45, 2.75) is 45.1 Å². The first-order valence-corrected chi connectivity index (χ1v) is 13.4. The molecule has 1 saturated heterocycles. The van der Waals surface area contributed by atoms with Crippen molar-refractivity contribution in [1.29, 1.82) is 0 Å². The van der Waals surface area contributed by atoms with Gasteiger partial charge in [0.25, 0.3) is 5.91 Å². The number of benzene rings is 2. The van der Waals surface area contributed by atoms with Crippen LogP contribution in [0.5, 0.6) is 0 Å². The molecular weight excluding hydrogens is 474 g/mol. The van der Waals surface area contributed by atoms with Crippen molar-refractivity contribution in [3.63, 3.8) is 0 Å². The van der Waals surface area contributed by atoms with Crippen LogP contribution in [0.25, 0.3) is 10.2 Å². The van der Waals surface area contributed by atoms with Gasteiger partial charge in [-0.1, -0.05) is 17.4 Å². The molecule has 34 heavy (non-hydrogen) atoms. The molecule has 0 saturated carbocycles. The third-order valence-electron chi connectivity index (χ3n) is 5.71. The minimum Gasteiger partial charge on any atom is -0.465 e. The number of rotatable bonds is 6. The normalized spacial score (nSPS) is 15.2. The smallest absolute Gasteiger partial charge is 0.326 e. The molecule has 4 rings (SSSR count). The number of nitrogens with zero attached hydrogens (tertiary/aromatic N) is 3. The molecule has 1 aromatic heterocycles. The second kappa shape index (κ2) is 9.81. The van der Waals surface area contributed by atoms with Crippen molar-refractivity contribution in [2.24, 2.45) is 4.99 Å². The number of sulfonamides is 1. The lowest BCUT2D eigenvalue weighted by Crippen LogP contribution is -2.27. The Morgan fingerprint density at radius 2 is 1.76 bits per heavy atom. The highest BCUT2D eigenvalue weighted by Gasteiger charge is 2.27. The molecule has 3 aromatic rings. The number of hydrogen-bond donors (Lipinski definition) is 0.